The van der Waals surface area contributed by atoms with Crippen molar-refractivity contribution in [3.05, 3.63) is 34.9 Å². The van der Waals surface area contributed by atoms with E-state index >= 15 is 0 Å². The molecule has 0 rings (SSSR count). The first-order chi connectivity index (χ1) is 5.11. The Kier molecular flexibility index (Phi) is 4.97. The summed E-state index contributed by atoms with van der Waals surface area (Å²) in [5, 5.41) is 0.600. The van der Waals surface area contributed by atoms with Crippen LogP contribution in [0.25, 0.3) is 0 Å². The van der Waals surface area contributed by atoms with Gasteiger partial charge in [0, 0.05) is 5.03 Å². The monoisotopic (exact) mass is 170 g/mol. The molecule has 0 spiro atoms. The zero-order valence-electron chi connectivity index (χ0n) is 7.45. The lowest BCUT2D eigenvalue weighted by Gasteiger charge is -2.02. The Morgan fingerprint density at radius 1 is 1.55 bits per heavy atom. The van der Waals surface area contributed by atoms with Crippen LogP contribution in [0.2, 0.25) is 0 Å². The highest BCUT2D eigenvalue weighted by Gasteiger charge is 1.95. The molecule has 0 fully saturated rings. The molecule has 0 saturated heterocycles. The highest BCUT2D eigenvalue weighted by molar-refractivity contribution is 6.30. The maximum absolute atomic E-state index is 5.65. The van der Waals surface area contributed by atoms with Crippen molar-refractivity contribution < 1.29 is 0 Å². The first-order valence-corrected chi connectivity index (χ1v) is 4.17. The van der Waals surface area contributed by atoms with Gasteiger partial charge in [0.1, 0.15) is 0 Å². The molecule has 0 saturated carbocycles. The fourth-order valence-corrected chi connectivity index (χ4v) is 1.00. The third-order valence-corrected chi connectivity index (χ3v) is 1.76. The van der Waals surface area contributed by atoms with Crippen molar-refractivity contribution in [2.45, 2.75) is 27.2 Å². The molecule has 0 aliphatic carbocycles. The SMILES string of the molecule is C=C(Cl)/C=C(CC)\C(C)=C/C. The fraction of sp³-hybridized carbons (Fsp3) is 0.400. The van der Waals surface area contributed by atoms with Crippen LogP contribution < -0.4 is 0 Å². The molecule has 0 bridgehead atoms. The van der Waals surface area contributed by atoms with Crippen LogP contribution in [0.5, 0.6) is 0 Å². The minimum Gasteiger partial charge on any atom is -0.0850 e. The van der Waals surface area contributed by atoms with E-state index < -0.39 is 0 Å². The minimum absolute atomic E-state index is 0.600. The van der Waals surface area contributed by atoms with E-state index in [0.29, 0.717) is 5.03 Å². The largest absolute Gasteiger partial charge is 0.0850 e. The number of allylic oxidation sites excluding steroid dienone is 5. The lowest BCUT2D eigenvalue weighted by molar-refractivity contribution is 1.10. The van der Waals surface area contributed by atoms with E-state index in [-0.39, 0.29) is 0 Å². The van der Waals surface area contributed by atoms with Gasteiger partial charge in [-0.05, 0) is 31.9 Å². The van der Waals surface area contributed by atoms with Crippen LogP contribution in [-0.2, 0) is 0 Å². The smallest absolute Gasteiger partial charge is 0.0337 e. The van der Waals surface area contributed by atoms with E-state index in [9.17, 15) is 0 Å². The van der Waals surface area contributed by atoms with Gasteiger partial charge in [-0.2, -0.15) is 0 Å². The Morgan fingerprint density at radius 2 is 2.09 bits per heavy atom. The van der Waals surface area contributed by atoms with Gasteiger partial charge in [-0.15, -0.1) is 0 Å². The summed E-state index contributed by atoms with van der Waals surface area (Å²) in [6.45, 7) is 9.83. The quantitative estimate of drug-likeness (QED) is 0.561. The summed E-state index contributed by atoms with van der Waals surface area (Å²) in [6.07, 6.45) is 4.99. The maximum atomic E-state index is 5.65. The minimum atomic E-state index is 0.600. The molecular weight excluding hydrogens is 156 g/mol. The van der Waals surface area contributed by atoms with Crippen molar-refractivity contribution in [3.63, 3.8) is 0 Å². The van der Waals surface area contributed by atoms with Gasteiger partial charge in [-0.1, -0.05) is 36.8 Å². The molecule has 0 aromatic heterocycles. The zero-order valence-corrected chi connectivity index (χ0v) is 8.20. The molecule has 0 aliphatic rings. The van der Waals surface area contributed by atoms with Crippen molar-refractivity contribution >= 4 is 11.6 Å². The van der Waals surface area contributed by atoms with Crippen LogP contribution in [0.4, 0.5) is 0 Å². The second-order valence-electron chi connectivity index (χ2n) is 2.44. The van der Waals surface area contributed by atoms with Crippen molar-refractivity contribution in [2.24, 2.45) is 0 Å². The van der Waals surface area contributed by atoms with Gasteiger partial charge in [0.2, 0.25) is 0 Å². The molecule has 0 radical (unpaired) electrons. The van der Waals surface area contributed by atoms with Crippen LogP contribution in [0, 0.1) is 0 Å². The van der Waals surface area contributed by atoms with Gasteiger partial charge in [0.25, 0.3) is 0 Å². The van der Waals surface area contributed by atoms with E-state index in [1.54, 1.807) is 0 Å². The van der Waals surface area contributed by atoms with E-state index in [1.807, 2.05) is 13.0 Å². The summed E-state index contributed by atoms with van der Waals surface area (Å²) in [4.78, 5) is 0. The van der Waals surface area contributed by atoms with E-state index in [2.05, 4.69) is 26.5 Å². The average molecular weight is 171 g/mol. The highest BCUT2D eigenvalue weighted by atomic mass is 35.5. The lowest BCUT2D eigenvalue weighted by Crippen LogP contribution is -1.82. The predicted molar refractivity (Wildman–Crippen MR) is 52.8 cm³/mol. The maximum Gasteiger partial charge on any atom is 0.0337 e. The topological polar surface area (TPSA) is 0 Å². The molecule has 11 heavy (non-hydrogen) atoms. The van der Waals surface area contributed by atoms with Gasteiger partial charge in [0.15, 0.2) is 0 Å². The Balaban J connectivity index is 4.53. The van der Waals surface area contributed by atoms with Gasteiger partial charge in [-0.3, -0.25) is 0 Å². The lowest BCUT2D eigenvalue weighted by atomic mass is 10.1. The second-order valence-corrected chi connectivity index (χ2v) is 2.93. The van der Waals surface area contributed by atoms with E-state index in [4.69, 9.17) is 11.6 Å². The van der Waals surface area contributed by atoms with Crippen LogP contribution in [-0.4, -0.2) is 0 Å². The Morgan fingerprint density at radius 3 is 2.36 bits per heavy atom. The molecule has 0 heterocycles. The van der Waals surface area contributed by atoms with Gasteiger partial charge >= 0.3 is 0 Å². The Hall–Kier alpha value is -0.490. The first-order valence-electron chi connectivity index (χ1n) is 3.80. The van der Waals surface area contributed by atoms with Gasteiger partial charge < -0.3 is 0 Å². The molecule has 0 aromatic rings. The summed E-state index contributed by atoms with van der Waals surface area (Å²) >= 11 is 5.65. The number of rotatable bonds is 3. The first kappa shape index (κ1) is 10.5. The summed E-state index contributed by atoms with van der Waals surface area (Å²) in [5.74, 6) is 0. The Labute approximate surface area is 74.3 Å². The van der Waals surface area contributed by atoms with Crippen molar-refractivity contribution in [1.29, 1.82) is 0 Å². The van der Waals surface area contributed by atoms with Gasteiger partial charge in [-0.25, -0.2) is 0 Å². The second kappa shape index (κ2) is 5.20. The molecule has 0 atom stereocenters. The summed E-state index contributed by atoms with van der Waals surface area (Å²) in [5.41, 5.74) is 2.53. The third-order valence-electron chi connectivity index (χ3n) is 1.65. The van der Waals surface area contributed by atoms with Crippen LogP contribution >= 0.6 is 11.6 Å². The molecule has 62 valence electrons. The molecule has 0 aliphatic heterocycles. The van der Waals surface area contributed by atoms with E-state index in [0.717, 1.165) is 6.42 Å². The molecular formula is C10H15Cl. The average Bonchev–Trinajstić information content (AvgIpc) is 1.98. The molecule has 0 nitrogen and oxygen atoms in total. The van der Waals surface area contributed by atoms with Gasteiger partial charge in [0.05, 0.1) is 0 Å². The normalized spacial score (nSPS) is 13.5. The van der Waals surface area contributed by atoms with Crippen LogP contribution in [0.3, 0.4) is 0 Å². The number of halogens is 1. The van der Waals surface area contributed by atoms with Crippen molar-refractivity contribution in [3.8, 4) is 0 Å². The predicted octanol–water partition coefficient (Wildman–Crippen LogP) is 4.04. The summed E-state index contributed by atoms with van der Waals surface area (Å²) in [6, 6.07) is 0. The molecule has 0 aromatic carbocycles. The third kappa shape index (κ3) is 4.05. The van der Waals surface area contributed by atoms with Crippen molar-refractivity contribution in [1.82, 2.24) is 0 Å². The van der Waals surface area contributed by atoms with Crippen molar-refractivity contribution in [2.75, 3.05) is 0 Å². The molecule has 0 N–H and O–H groups in total. The van der Waals surface area contributed by atoms with Crippen LogP contribution in [0.1, 0.15) is 27.2 Å². The zero-order chi connectivity index (χ0) is 8.85. The summed E-state index contributed by atoms with van der Waals surface area (Å²) < 4.78 is 0. The molecule has 0 unspecified atom stereocenters. The summed E-state index contributed by atoms with van der Waals surface area (Å²) in [7, 11) is 0. The fourth-order valence-electron chi connectivity index (χ4n) is 0.869. The Bertz CT molecular complexity index is 197. The van der Waals surface area contributed by atoms with E-state index in [1.165, 1.54) is 11.1 Å². The number of hydrogen-bond donors (Lipinski definition) is 0. The highest BCUT2D eigenvalue weighted by Crippen LogP contribution is 2.16. The number of hydrogen-bond acceptors (Lipinski definition) is 0. The molecule has 1 heteroatoms. The standard InChI is InChI=1S/C10H15Cl/c1-5-8(3)10(6-2)7-9(4)11/h5,7H,4,6H2,1-3H3/b8-5-,10-7-. The van der Waals surface area contributed by atoms with Crippen LogP contribution in [0.15, 0.2) is 34.9 Å². The molecule has 0 amide bonds.